The average molecular weight is 282 g/mol. The summed E-state index contributed by atoms with van der Waals surface area (Å²) in [6.45, 7) is 2.55. The maximum absolute atomic E-state index is 12.4. The number of fused-ring (bicyclic) bond motifs is 1. The molecule has 0 aliphatic heterocycles. The molecule has 0 heterocycles. The molecule has 0 radical (unpaired) electrons. The fraction of sp³-hybridized carbons (Fsp3) is 0.389. The molecule has 0 saturated heterocycles. The number of benzene rings is 2. The fourth-order valence-corrected chi connectivity index (χ4v) is 2.96. The third kappa shape index (κ3) is 2.93. The zero-order valence-corrected chi connectivity index (χ0v) is 12.7. The normalized spacial score (nSPS) is 15.9. The van der Waals surface area contributed by atoms with E-state index in [2.05, 4.69) is 59.6 Å². The predicted molar refractivity (Wildman–Crippen MR) is 86.2 cm³/mol. The summed E-state index contributed by atoms with van der Waals surface area (Å²) in [5.74, 6) is 0.195. The summed E-state index contributed by atoms with van der Waals surface area (Å²) in [6.07, 6.45) is 2.26. The van der Waals surface area contributed by atoms with E-state index in [1.165, 1.54) is 16.3 Å². The Morgan fingerprint density at radius 3 is 2.62 bits per heavy atom. The summed E-state index contributed by atoms with van der Waals surface area (Å²) in [5, 5.41) is 5.45. The molecule has 1 aliphatic carbocycles. The van der Waals surface area contributed by atoms with Crippen LogP contribution >= 0.6 is 0 Å². The van der Waals surface area contributed by atoms with E-state index in [1.54, 1.807) is 0 Å². The van der Waals surface area contributed by atoms with Crippen molar-refractivity contribution in [1.82, 2.24) is 10.2 Å². The highest BCUT2D eigenvalue weighted by molar-refractivity contribution is 5.83. The molecular formula is C18H22N2O. The van der Waals surface area contributed by atoms with E-state index in [0.717, 1.165) is 12.8 Å². The van der Waals surface area contributed by atoms with Crippen LogP contribution in [0.2, 0.25) is 0 Å². The van der Waals surface area contributed by atoms with Crippen molar-refractivity contribution in [2.24, 2.45) is 0 Å². The van der Waals surface area contributed by atoms with Crippen molar-refractivity contribution in [3.05, 3.63) is 48.0 Å². The summed E-state index contributed by atoms with van der Waals surface area (Å²) in [4.78, 5) is 14.4. The summed E-state index contributed by atoms with van der Waals surface area (Å²) in [5.41, 5.74) is 1.21. The molecule has 1 atom stereocenters. The van der Waals surface area contributed by atoms with Crippen LogP contribution in [0.3, 0.4) is 0 Å². The first-order chi connectivity index (χ1) is 10.2. The van der Waals surface area contributed by atoms with Crippen molar-refractivity contribution in [3.63, 3.8) is 0 Å². The Bertz CT molecular complexity index is 648. The molecule has 2 aromatic carbocycles. The Kier molecular flexibility index (Phi) is 3.93. The van der Waals surface area contributed by atoms with Crippen molar-refractivity contribution < 1.29 is 4.79 Å². The number of nitrogens with zero attached hydrogens (tertiary/aromatic N) is 1. The van der Waals surface area contributed by atoms with Gasteiger partial charge in [0.05, 0.1) is 12.6 Å². The molecule has 2 aromatic rings. The molecular weight excluding hydrogens is 260 g/mol. The van der Waals surface area contributed by atoms with Gasteiger partial charge in [0.1, 0.15) is 0 Å². The molecule has 110 valence electrons. The van der Waals surface area contributed by atoms with Gasteiger partial charge in [0, 0.05) is 6.04 Å². The van der Waals surface area contributed by atoms with Crippen LogP contribution in [0, 0.1) is 0 Å². The maximum Gasteiger partial charge on any atom is 0.237 e. The molecule has 0 aromatic heterocycles. The minimum absolute atomic E-state index is 0.128. The molecule has 3 heteroatoms. The van der Waals surface area contributed by atoms with Crippen LogP contribution in [0.5, 0.6) is 0 Å². The number of hydrogen-bond acceptors (Lipinski definition) is 2. The van der Waals surface area contributed by atoms with E-state index in [9.17, 15) is 4.79 Å². The largest absolute Gasteiger partial charge is 0.332 e. The Balaban J connectivity index is 1.90. The molecule has 21 heavy (non-hydrogen) atoms. The van der Waals surface area contributed by atoms with Gasteiger partial charge in [-0.15, -0.1) is 0 Å². The number of amides is 1. The number of likely N-dealkylation sites (N-methyl/N-ethyl adjacent to an activating group) is 1. The number of carbonyl (C=O) groups is 1. The molecule has 3 nitrogen and oxygen atoms in total. The van der Waals surface area contributed by atoms with Gasteiger partial charge in [-0.2, -0.15) is 0 Å². The van der Waals surface area contributed by atoms with Crippen LogP contribution in [0.1, 0.15) is 31.4 Å². The quantitative estimate of drug-likeness (QED) is 0.914. The summed E-state index contributed by atoms with van der Waals surface area (Å²) >= 11 is 0. The van der Waals surface area contributed by atoms with Crippen LogP contribution in [0.25, 0.3) is 10.8 Å². The van der Waals surface area contributed by atoms with Gasteiger partial charge in [0.25, 0.3) is 0 Å². The van der Waals surface area contributed by atoms with Gasteiger partial charge in [-0.05, 0) is 49.2 Å². The van der Waals surface area contributed by atoms with Crippen molar-refractivity contribution in [2.45, 2.75) is 31.8 Å². The van der Waals surface area contributed by atoms with Crippen LogP contribution in [0.4, 0.5) is 0 Å². The zero-order valence-electron chi connectivity index (χ0n) is 12.7. The fourth-order valence-electron chi connectivity index (χ4n) is 2.96. The Hall–Kier alpha value is -1.87. The van der Waals surface area contributed by atoms with Gasteiger partial charge in [0.15, 0.2) is 0 Å². The van der Waals surface area contributed by atoms with E-state index < -0.39 is 0 Å². The highest BCUT2D eigenvalue weighted by atomic mass is 16.2. The van der Waals surface area contributed by atoms with Gasteiger partial charge >= 0.3 is 0 Å². The van der Waals surface area contributed by atoms with Gasteiger partial charge < -0.3 is 10.2 Å². The van der Waals surface area contributed by atoms with Gasteiger partial charge in [0.2, 0.25) is 5.91 Å². The van der Waals surface area contributed by atoms with Crippen molar-refractivity contribution in [1.29, 1.82) is 0 Å². The molecule has 1 aliphatic rings. The molecule has 0 bridgehead atoms. The first-order valence-electron chi connectivity index (χ1n) is 7.65. The smallest absolute Gasteiger partial charge is 0.237 e. The molecule has 1 unspecified atom stereocenters. The minimum atomic E-state index is 0.128. The van der Waals surface area contributed by atoms with E-state index in [-0.39, 0.29) is 11.9 Å². The van der Waals surface area contributed by atoms with Crippen LogP contribution in [-0.2, 0) is 4.79 Å². The maximum atomic E-state index is 12.4. The first-order valence-corrected chi connectivity index (χ1v) is 7.65. The van der Waals surface area contributed by atoms with E-state index >= 15 is 0 Å². The predicted octanol–water partition coefficient (Wildman–Crippen LogP) is 3.11. The second-order valence-corrected chi connectivity index (χ2v) is 5.85. The van der Waals surface area contributed by atoms with Gasteiger partial charge in [-0.25, -0.2) is 0 Å². The zero-order chi connectivity index (χ0) is 14.8. The molecule has 1 saturated carbocycles. The monoisotopic (exact) mass is 282 g/mol. The van der Waals surface area contributed by atoms with E-state index in [0.29, 0.717) is 12.6 Å². The SMILES string of the molecule is CNCC(=O)N(C1CC1)C(C)c1ccc2ccccc2c1. The molecule has 3 rings (SSSR count). The lowest BCUT2D eigenvalue weighted by molar-refractivity contribution is -0.133. The standard InChI is InChI=1S/C18H22N2O/c1-13(20(17-9-10-17)18(21)12-19-2)15-8-7-14-5-3-4-6-16(14)11-15/h3-8,11,13,17,19H,9-10,12H2,1-2H3. The molecule has 1 amide bonds. The first kappa shape index (κ1) is 14.1. The number of nitrogens with one attached hydrogen (secondary N) is 1. The summed E-state index contributed by atoms with van der Waals surface area (Å²) < 4.78 is 0. The lowest BCUT2D eigenvalue weighted by atomic mass is 10.0. The number of hydrogen-bond donors (Lipinski definition) is 1. The highest BCUT2D eigenvalue weighted by Gasteiger charge is 2.35. The van der Waals surface area contributed by atoms with Crippen LogP contribution < -0.4 is 5.32 Å². The summed E-state index contributed by atoms with van der Waals surface area (Å²) in [6, 6.07) is 15.4. The average Bonchev–Trinajstić information content (AvgIpc) is 3.32. The van der Waals surface area contributed by atoms with Crippen molar-refractivity contribution >= 4 is 16.7 Å². The molecule has 1 fully saturated rings. The third-order valence-electron chi connectivity index (χ3n) is 4.23. The Morgan fingerprint density at radius 1 is 1.24 bits per heavy atom. The minimum Gasteiger partial charge on any atom is -0.332 e. The Morgan fingerprint density at radius 2 is 1.95 bits per heavy atom. The van der Waals surface area contributed by atoms with Gasteiger partial charge in [-0.1, -0.05) is 36.4 Å². The van der Waals surface area contributed by atoms with Crippen LogP contribution in [0.15, 0.2) is 42.5 Å². The lowest BCUT2D eigenvalue weighted by Crippen LogP contribution is -2.40. The van der Waals surface area contributed by atoms with Crippen molar-refractivity contribution in [2.75, 3.05) is 13.6 Å². The van der Waals surface area contributed by atoms with E-state index in [4.69, 9.17) is 0 Å². The third-order valence-corrected chi connectivity index (χ3v) is 4.23. The second-order valence-electron chi connectivity index (χ2n) is 5.85. The lowest BCUT2D eigenvalue weighted by Gasteiger charge is -2.30. The van der Waals surface area contributed by atoms with Crippen molar-refractivity contribution in [3.8, 4) is 0 Å². The summed E-state index contributed by atoms with van der Waals surface area (Å²) in [7, 11) is 1.82. The molecule has 0 spiro atoms. The Labute approximate surface area is 125 Å². The van der Waals surface area contributed by atoms with E-state index in [1.807, 2.05) is 7.05 Å². The highest BCUT2D eigenvalue weighted by Crippen LogP contribution is 2.35. The number of carbonyl (C=O) groups excluding carboxylic acids is 1. The molecule has 1 N–H and O–H groups in total. The van der Waals surface area contributed by atoms with Crippen LogP contribution in [-0.4, -0.2) is 30.4 Å². The topological polar surface area (TPSA) is 32.3 Å². The number of rotatable bonds is 5. The second kappa shape index (κ2) is 5.86. The van der Waals surface area contributed by atoms with Gasteiger partial charge in [-0.3, -0.25) is 4.79 Å².